The van der Waals surface area contributed by atoms with E-state index in [1.165, 1.54) is 0 Å². The average molecular weight is 511 g/mol. The van der Waals surface area contributed by atoms with Crippen LogP contribution in [0.25, 0.3) is 0 Å². The minimum Gasteiger partial charge on any atom is -0.345 e. The molecule has 1 aromatic rings. The van der Waals surface area contributed by atoms with E-state index in [1.807, 2.05) is 32.9 Å². The molecule has 4 amide bonds. The molecule has 0 aliphatic rings. The number of aldehydes is 1. The largest absolute Gasteiger partial charge is 0.345 e. The van der Waals surface area contributed by atoms with Crippen LogP contribution in [0.5, 0.6) is 0 Å². The van der Waals surface area contributed by atoms with Crippen LogP contribution >= 0.6 is 0 Å². The molecule has 12 heteroatoms. The van der Waals surface area contributed by atoms with E-state index in [-0.39, 0.29) is 18.3 Å². The summed E-state index contributed by atoms with van der Waals surface area (Å²) in [5.41, 5.74) is 1.01. The van der Waals surface area contributed by atoms with E-state index in [0.29, 0.717) is 12.0 Å². The topological polar surface area (TPSA) is 168 Å². The van der Waals surface area contributed by atoms with Crippen molar-refractivity contribution in [3.8, 4) is 0 Å². The molecular formula is C23H34N4O7S. The maximum Gasteiger partial charge on any atom is 0.313 e. The predicted molar refractivity (Wildman–Crippen MR) is 131 cm³/mol. The summed E-state index contributed by atoms with van der Waals surface area (Å²) in [5, 5.41) is 7.36. The summed E-state index contributed by atoms with van der Waals surface area (Å²) in [6.07, 6.45) is 0.739. The van der Waals surface area contributed by atoms with E-state index < -0.39 is 51.7 Å². The van der Waals surface area contributed by atoms with Gasteiger partial charge < -0.3 is 20.7 Å². The minimum absolute atomic E-state index is 0.153. The molecule has 1 rings (SSSR count). The highest BCUT2D eigenvalue weighted by molar-refractivity contribution is 7.89. The second-order valence-electron chi connectivity index (χ2n) is 9.53. The van der Waals surface area contributed by atoms with Gasteiger partial charge in [-0.15, -0.1) is 0 Å². The van der Waals surface area contributed by atoms with Crippen LogP contribution in [0.1, 0.15) is 53.0 Å². The molecule has 2 unspecified atom stereocenters. The van der Waals surface area contributed by atoms with Crippen LogP contribution in [0.4, 0.5) is 5.69 Å². The molecule has 194 valence electrons. The van der Waals surface area contributed by atoms with E-state index in [2.05, 4.69) is 16.0 Å². The maximum absolute atomic E-state index is 12.7. The van der Waals surface area contributed by atoms with Gasteiger partial charge in [0, 0.05) is 12.1 Å². The molecule has 0 spiro atoms. The van der Waals surface area contributed by atoms with Crippen molar-refractivity contribution in [1.82, 2.24) is 15.4 Å². The number of hydrogen-bond donors (Lipinski definition) is 4. The number of amides is 4. The summed E-state index contributed by atoms with van der Waals surface area (Å²) in [4.78, 5) is 60.8. The summed E-state index contributed by atoms with van der Waals surface area (Å²) in [7, 11) is -3.74. The van der Waals surface area contributed by atoms with Gasteiger partial charge in [0.05, 0.1) is 12.3 Å². The summed E-state index contributed by atoms with van der Waals surface area (Å²) in [6.45, 7) is 9.18. The number of hydrogen-bond acceptors (Lipinski definition) is 7. The van der Waals surface area contributed by atoms with Crippen LogP contribution in [0.15, 0.2) is 24.3 Å². The Morgan fingerprint density at radius 1 is 1.00 bits per heavy atom. The molecule has 0 aliphatic carbocycles. The van der Waals surface area contributed by atoms with E-state index >= 15 is 0 Å². The van der Waals surface area contributed by atoms with Gasteiger partial charge in [-0.2, -0.15) is 0 Å². The summed E-state index contributed by atoms with van der Waals surface area (Å²) in [6, 6.07) is 4.82. The lowest BCUT2D eigenvalue weighted by molar-refractivity contribution is -0.138. The third-order valence-corrected chi connectivity index (χ3v) is 5.50. The van der Waals surface area contributed by atoms with Crippen LogP contribution < -0.4 is 20.7 Å². The Labute approximate surface area is 205 Å². The molecule has 35 heavy (non-hydrogen) atoms. The molecule has 0 saturated heterocycles. The van der Waals surface area contributed by atoms with Gasteiger partial charge in [-0.1, -0.05) is 52.8 Å². The molecule has 2 atom stereocenters. The van der Waals surface area contributed by atoms with Crippen molar-refractivity contribution < 1.29 is 32.4 Å². The number of para-hydroxylation sites is 1. The smallest absolute Gasteiger partial charge is 0.313 e. The Bertz CT molecular complexity index is 1060. The van der Waals surface area contributed by atoms with Crippen molar-refractivity contribution in [3.63, 3.8) is 0 Å². The summed E-state index contributed by atoms with van der Waals surface area (Å²) >= 11 is 0. The fourth-order valence-corrected chi connectivity index (χ4v) is 3.67. The number of carbonyl (C=O) groups excluding carboxylic acids is 5. The SMILES string of the molecule is CC(C)C(NC(=O)C(=O)Nc1ccccc1C(C)(C)C)C(=O)NC(C=O)CCC(=O)NS(C)(=O)=O. The molecular weight excluding hydrogens is 476 g/mol. The van der Waals surface area contributed by atoms with Gasteiger partial charge in [-0.05, 0) is 29.4 Å². The van der Waals surface area contributed by atoms with E-state index in [1.54, 1.807) is 30.7 Å². The Kier molecular flexibility index (Phi) is 10.6. The van der Waals surface area contributed by atoms with Gasteiger partial charge in [-0.3, -0.25) is 23.9 Å². The van der Waals surface area contributed by atoms with Crippen molar-refractivity contribution >= 4 is 45.6 Å². The first-order chi connectivity index (χ1) is 16.0. The predicted octanol–water partition coefficient (Wildman–Crippen LogP) is 0.603. The average Bonchev–Trinajstić information content (AvgIpc) is 2.72. The third kappa shape index (κ3) is 10.3. The molecule has 0 heterocycles. The first kappa shape index (κ1) is 29.8. The number of rotatable bonds is 10. The third-order valence-electron chi connectivity index (χ3n) is 4.90. The fraction of sp³-hybridized carbons (Fsp3) is 0.522. The highest BCUT2D eigenvalue weighted by Gasteiger charge is 2.29. The quantitative estimate of drug-likeness (QED) is 0.264. The zero-order valence-corrected chi connectivity index (χ0v) is 21.6. The molecule has 0 saturated carbocycles. The lowest BCUT2D eigenvalue weighted by Crippen LogP contribution is -2.54. The number of sulfonamides is 1. The normalized spacial score (nSPS) is 13.3. The monoisotopic (exact) mass is 510 g/mol. The van der Waals surface area contributed by atoms with Gasteiger partial charge in [0.2, 0.25) is 21.8 Å². The highest BCUT2D eigenvalue weighted by Crippen LogP contribution is 2.29. The lowest BCUT2D eigenvalue weighted by atomic mass is 9.86. The van der Waals surface area contributed by atoms with Crippen LogP contribution in [-0.2, 0) is 39.4 Å². The van der Waals surface area contributed by atoms with Gasteiger partial charge in [0.25, 0.3) is 0 Å². The fourth-order valence-electron chi connectivity index (χ4n) is 3.16. The molecule has 0 bridgehead atoms. The summed E-state index contributed by atoms with van der Waals surface area (Å²) in [5.74, 6) is -3.97. The highest BCUT2D eigenvalue weighted by atomic mass is 32.2. The first-order valence-electron chi connectivity index (χ1n) is 11.0. The van der Waals surface area contributed by atoms with Gasteiger partial charge >= 0.3 is 11.8 Å². The standard InChI is InChI=1S/C23H34N4O7S/c1-14(2)19(20(30)24-15(13-28)11-12-18(29)27-35(6,33)34)26-22(32)21(31)25-17-10-8-7-9-16(17)23(3,4)5/h7-10,13-15,19H,11-12H2,1-6H3,(H,24,30)(H,25,31)(H,26,32)(H,27,29). The van der Waals surface area contributed by atoms with Crippen LogP contribution in [-0.4, -0.2) is 56.7 Å². The first-order valence-corrected chi connectivity index (χ1v) is 12.9. The zero-order valence-electron chi connectivity index (χ0n) is 20.8. The van der Waals surface area contributed by atoms with E-state index in [0.717, 1.165) is 11.8 Å². The number of carbonyl (C=O) groups is 5. The molecule has 4 N–H and O–H groups in total. The molecule has 11 nitrogen and oxygen atoms in total. The molecule has 0 aliphatic heterocycles. The Morgan fingerprint density at radius 3 is 2.11 bits per heavy atom. The van der Waals surface area contributed by atoms with Gasteiger partial charge in [0.15, 0.2) is 0 Å². The maximum atomic E-state index is 12.7. The van der Waals surface area contributed by atoms with Crippen molar-refractivity contribution in [3.05, 3.63) is 29.8 Å². The molecule has 0 fully saturated rings. The van der Waals surface area contributed by atoms with Crippen molar-refractivity contribution in [2.45, 2.75) is 65.0 Å². The number of nitrogens with one attached hydrogen (secondary N) is 4. The Balaban J connectivity index is 2.82. The van der Waals surface area contributed by atoms with Crippen LogP contribution in [0, 0.1) is 5.92 Å². The Hall–Kier alpha value is -3.28. The van der Waals surface area contributed by atoms with Crippen LogP contribution in [0.3, 0.4) is 0 Å². The van der Waals surface area contributed by atoms with Crippen molar-refractivity contribution in [1.29, 1.82) is 0 Å². The Morgan fingerprint density at radius 2 is 1.60 bits per heavy atom. The second-order valence-corrected chi connectivity index (χ2v) is 11.3. The van der Waals surface area contributed by atoms with Crippen molar-refractivity contribution in [2.75, 3.05) is 11.6 Å². The van der Waals surface area contributed by atoms with Crippen molar-refractivity contribution in [2.24, 2.45) is 5.92 Å². The summed E-state index contributed by atoms with van der Waals surface area (Å²) < 4.78 is 24.0. The molecule has 0 aromatic heterocycles. The van der Waals surface area contributed by atoms with Gasteiger partial charge in [0.1, 0.15) is 12.3 Å². The minimum atomic E-state index is -3.74. The van der Waals surface area contributed by atoms with E-state index in [9.17, 15) is 32.4 Å². The molecule has 1 aromatic carbocycles. The lowest BCUT2D eigenvalue weighted by Gasteiger charge is -2.24. The number of benzene rings is 1. The molecule has 0 radical (unpaired) electrons. The number of anilines is 1. The van der Waals surface area contributed by atoms with Crippen LogP contribution in [0.2, 0.25) is 0 Å². The van der Waals surface area contributed by atoms with Gasteiger partial charge in [-0.25, -0.2) is 8.42 Å². The van der Waals surface area contributed by atoms with E-state index in [4.69, 9.17) is 0 Å². The second kappa shape index (κ2) is 12.4. The zero-order chi connectivity index (χ0) is 27.0.